The van der Waals surface area contributed by atoms with Crippen LogP contribution in [0.1, 0.15) is 11.1 Å². The Labute approximate surface area is 186 Å². The molecule has 4 rings (SSSR count). The molecule has 0 saturated carbocycles. The Morgan fingerprint density at radius 1 is 1.16 bits per heavy atom. The molecule has 1 aliphatic rings. The second kappa shape index (κ2) is 9.27. The quantitative estimate of drug-likeness (QED) is 0.570. The normalized spacial score (nSPS) is 13.8. The lowest BCUT2D eigenvalue weighted by Gasteiger charge is -2.36. The standard InChI is InChI=1S/C24H24N4O2S/c1-17-4-3-5-18-14-19(15-25)24(26-23(17)18)31-16-22(29)28-12-10-27(11-13-28)20-6-8-21(30-2)9-7-20/h3-9,14H,10-13,16H2,1-2H3. The molecule has 2 aromatic carbocycles. The van der Waals surface area contributed by atoms with Gasteiger partial charge in [0, 0.05) is 37.3 Å². The van der Waals surface area contributed by atoms with Crippen LogP contribution in [0.2, 0.25) is 0 Å². The van der Waals surface area contributed by atoms with Gasteiger partial charge in [-0.3, -0.25) is 4.79 Å². The highest BCUT2D eigenvalue weighted by Crippen LogP contribution is 2.27. The highest BCUT2D eigenvalue weighted by atomic mass is 32.2. The number of hydrogen-bond acceptors (Lipinski definition) is 6. The fraction of sp³-hybridized carbons (Fsp3) is 0.292. The van der Waals surface area contributed by atoms with Crippen molar-refractivity contribution >= 4 is 34.3 Å². The van der Waals surface area contributed by atoms with Crippen LogP contribution in [0, 0.1) is 18.3 Å². The van der Waals surface area contributed by atoms with E-state index in [0.29, 0.717) is 23.7 Å². The SMILES string of the molecule is COc1ccc(N2CCN(C(=O)CSc3nc4c(C)cccc4cc3C#N)CC2)cc1. The van der Waals surface area contributed by atoms with Gasteiger partial charge in [0.1, 0.15) is 16.8 Å². The van der Waals surface area contributed by atoms with Crippen molar-refractivity contribution in [1.29, 1.82) is 5.26 Å². The molecule has 0 radical (unpaired) electrons. The van der Waals surface area contributed by atoms with Crippen molar-refractivity contribution in [2.24, 2.45) is 0 Å². The molecule has 1 aromatic heterocycles. The van der Waals surface area contributed by atoms with Crippen molar-refractivity contribution in [3.05, 3.63) is 59.7 Å². The zero-order chi connectivity index (χ0) is 21.8. The number of carbonyl (C=O) groups excluding carboxylic acids is 1. The number of para-hydroxylation sites is 1. The zero-order valence-electron chi connectivity index (χ0n) is 17.7. The monoisotopic (exact) mass is 432 g/mol. The minimum atomic E-state index is 0.0787. The van der Waals surface area contributed by atoms with E-state index in [4.69, 9.17) is 4.74 Å². The molecule has 7 heteroatoms. The summed E-state index contributed by atoms with van der Waals surface area (Å²) in [5, 5.41) is 11.1. The van der Waals surface area contributed by atoms with Gasteiger partial charge in [-0.2, -0.15) is 5.26 Å². The summed E-state index contributed by atoms with van der Waals surface area (Å²) >= 11 is 1.35. The first kappa shape index (κ1) is 21.0. The number of anilines is 1. The van der Waals surface area contributed by atoms with Gasteiger partial charge in [-0.05, 0) is 42.8 Å². The van der Waals surface area contributed by atoms with E-state index in [2.05, 4.69) is 16.0 Å². The second-order valence-electron chi connectivity index (χ2n) is 7.45. The summed E-state index contributed by atoms with van der Waals surface area (Å²) in [6.07, 6.45) is 0. The van der Waals surface area contributed by atoms with Crippen LogP contribution >= 0.6 is 11.8 Å². The number of hydrogen-bond donors (Lipinski definition) is 0. The molecule has 2 heterocycles. The Morgan fingerprint density at radius 2 is 1.90 bits per heavy atom. The number of benzene rings is 2. The molecule has 0 atom stereocenters. The molecule has 31 heavy (non-hydrogen) atoms. The van der Waals surface area contributed by atoms with Crippen LogP contribution in [-0.4, -0.2) is 54.8 Å². The lowest BCUT2D eigenvalue weighted by Crippen LogP contribution is -2.49. The lowest BCUT2D eigenvalue weighted by atomic mass is 10.1. The molecular weight excluding hydrogens is 408 g/mol. The first-order valence-electron chi connectivity index (χ1n) is 10.2. The van der Waals surface area contributed by atoms with Gasteiger partial charge >= 0.3 is 0 Å². The molecule has 6 nitrogen and oxygen atoms in total. The van der Waals surface area contributed by atoms with Crippen LogP contribution < -0.4 is 9.64 Å². The molecule has 1 aliphatic heterocycles. The highest BCUT2D eigenvalue weighted by Gasteiger charge is 2.22. The van der Waals surface area contributed by atoms with Crippen molar-refractivity contribution in [3.63, 3.8) is 0 Å². The number of amides is 1. The lowest BCUT2D eigenvalue weighted by molar-refractivity contribution is -0.128. The van der Waals surface area contributed by atoms with Crippen LogP contribution in [0.4, 0.5) is 5.69 Å². The highest BCUT2D eigenvalue weighted by molar-refractivity contribution is 8.00. The Balaban J connectivity index is 1.37. The maximum Gasteiger partial charge on any atom is 0.233 e. The number of nitrogens with zero attached hydrogens (tertiary/aromatic N) is 4. The van der Waals surface area contributed by atoms with E-state index in [1.165, 1.54) is 11.8 Å². The largest absolute Gasteiger partial charge is 0.497 e. The Bertz CT molecular complexity index is 1130. The zero-order valence-corrected chi connectivity index (χ0v) is 18.5. The van der Waals surface area contributed by atoms with E-state index in [1.54, 1.807) is 7.11 Å². The van der Waals surface area contributed by atoms with Gasteiger partial charge in [0.25, 0.3) is 0 Å². The Morgan fingerprint density at radius 3 is 2.58 bits per heavy atom. The van der Waals surface area contributed by atoms with Gasteiger partial charge < -0.3 is 14.5 Å². The number of carbonyl (C=O) groups is 1. The van der Waals surface area contributed by atoms with E-state index in [-0.39, 0.29) is 11.7 Å². The molecule has 0 unspecified atom stereocenters. The summed E-state index contributed by atoms with van der Waals surface area (Å²) in [6, 6.07) is 18.0. The van der Waals surface area contributed by atoms with Crippen molar-refractivity contribution in [1.82, 2.24) is 9.88 Å². The van der Waals surface area contributed by atoms with Crippen LogP contribution in [0.15, 0.2) is 53.6 Å². The average Bonchev–Trinajstić information content (AvgIpc) is 2.82. The van der Waals surface area contributed by atoms with E-state index in [9.17, 15) is 10.1 Å². The number of ether oxygens (including phenoxy) is 1. The maximum absolute atomic E-state index is 12.8. The molecule has 158 valence electrons. The number of nitriles is 1. The van der Waals surface area contributed by atoms with E-state index < -0.39 is 0 Å². The number of aromatic nitrogens is 1. The molecule has 3 aromatic rings. The third-order valence-electron chi connectivity index (χ3n) is 5.54. The summed E-state index contributed by atoms with van der Waals surface area (Å²) in [7, 11) is 1.66. The summed E-state index contributed by atoms with van der Waals surface area (Å²) in [5.74, 6) is 1.19. The predicted molar refractivity (Wildman–Crippen MR) is 124 cm³/mol. The molecule has 0 N–H and O–H groups in total. The molecule has 0 spiro atoms. The number of thioether (sulfide) groups is 1. The van der Waals surface area contributed by atoms with Crippen molar-refractivity contribution in [2.45, 2.75) is 11.9 Å². The summed E-state index contributed by atoms with van der Waals surface area (Å²) in [4.78, 5) is 21.6. The fourth-order valence-corrected chi connectivity index (χ4v) is 4.61. The van der Waals surface area contributed by atoms with Gasteiger partial charge in [-0.15, -0.1) is 0 Å². The second-order valence-corrected chi connectivity index (χ2v) is 8.42. The van der Waals surface area contributed by atoms with E-state index >= 15 is 0 Å². The van der Waals surface area contributed by atoms with E-state index in [1.807, 2.05) is 60.4 Å². The molecule has 1 amide bonds. The van der Waals surface area contributed by atoms with Gasteiger partial charge in [-0.25, -0.2) is 4.98 Å². The maximum atomic E-state index is 12.8. The Hall–Kier alpha value is -3.24. The van der Waals surface area contributed by atoms with Gasteiger partial charge in [0.15, 0.2) is 0 Å². The van der Waals surface area contributed by atoms with Gasteiger partial charge in [0.05, 0.1) is 23.9 Å². The third kappa shape index (κ3) is 4.59. The van der Waals surface area contributed by atoms with E-state index in [0.717, 1.165) is 41.0 Å². The van der Waals surface area contributed by atoms with Crippen LogP contribution in [-0.2, 0) is 4.79 Å². The minimum absolute atomic E-state index is 0.0787. The number of methoxy groups -OCH3 is 1. The topological polar surface area (TPSA) is 69.5 Å². The van der Waals surface area contributed by atoms with Crippen LogP contribution in [0.5, 0.6) is 5.75 Å². The van der Waals surface area contributed by atoms with Gasteiger partial charge in [-0.1, -0.05) is 30.0 Å². The third-order valence-corrected chi connectivity index (χ3v) is 6.51. The number of pyridine rings is 1. The average molecular weight is 433 g/mol. The van der Waals surface area contributed by atoms with Crippen LogP contribution in [0.3, 0.4) is 0 Å². The predicted octanol–water partition coefficient (Wildman–Crippen LogP) is 3.86. The number of rotatable bonds is 5. The van der Waals surface area contributed by atoms with Crippen LogP contribution in [0.25, 0.3) is 10.9 Å². The van der Waals surface area contributed by atoms with Crippen molar-refractivity contribution in [3.8, 4) is 11.8 Å². The van der Waals surface area contributed by atoms with Gasteiger partial charge in [0.2, 0.25) is 5.91 Å². The van der Waals surface area contributed by atoms with Crippen molar-refractivity contribution < 1.29 is 9.53 Å². The first-order chi connectivity index (χ1) is 15.1. The smallest absolute Gasteiger partial charge is 0.233 e. The fourth-order valence-electron chi connectivity index (χ4n) is 3.75. The summed E-state index contributed by atoms with van der Waals surface area (Å²) in [6.45, 7) is 4.95. The Kier molecular flexibility index (Phi) is 6.28. The summed E-state index contributed by atoms with van der Waals surface area (Å²) < 4.78 is 5.22. The number of aryl methyl sites for hydroxylation is 1. The van der Waals surface area contributed by atoms with Crippen molar-refractivity contribution in [2.75, 3.05) is 43.9 Å². The number of fused-ring (bicyclic) bond motifs is 1. The number of piperazine rings is 1. The molecule has 1 fully saturated rings. The summed E-state index contributed by atoms with van der Waals surface area (Å²) in [5.41, 5.74) is 3.59. The first-order valence-corrected chi connectivity index (χ1v) is 11.2. The molecule has 1 saturated heterocycles. The molecule has 0 bridgehead atoms. The molecule has 0 aliphatic carbocycles. The molecular formula is C24H24N4O2S. The minimum Gasteiger partial charge on any atom is -0.497 e.